The van der Waals surface area contributed by atoms with Crippen molar-refractivity contribution in [2.75, 3.05) is 19.6 Å². The maximum atomic E-state index is 9.42. The van der Waals surface area contributed by atoms with Crippen LogP contribution in [0.1, 0.15) is 24.6 Å². The first-order valence-electron chi connectivity index (χ1n) is 6.12. The predicted molar refractivity (Wildman–Crippen MR) is 64.4 cm³/mol. The smallest absolute Gasteiger partial charge is 0.0679 e. The number of aryl methyl sites for hydroxylation is 1. The Kier molecular flexibility index (Phi) is 3.91. The minimum atomic E-state index is -0.116. The average Bonchev–Trinajstić information content (AvgIpc) is 2.73. The molecule has 2 heterocycles. The van der Waals surface area contributed by atoms with Crippen molar-refractivity contribution >= 4 is 0 Å². The van der Waals surface area contributed by atoms with Gasteiger partial charge in [0.25, 0.3) is 0 Å². The highest BCUT2D eigenvalue weighted by Gasteiger charge is 2.19. The quantitative estimate of drug-likeness (QED) is 0.829. The first kappa shape index (κ1) is 11.6. The molecule has 1 N–H and O–H groups in total. The van der Waals surface area contributed by atoms with E-state index in [1.165, 1.54) is 11.3 Å². The molecule has 3 heteroatoms. The summed E-state index contributed by atoms with van der Waals surface area (Å²) in [7, 11) is 0. The fourth-order valence-corrected chi connectivity index (χ4v) is 2.17. The van der Waals surface area contributed by atoms with Crippen molar-refractivity contribution in [3.05, 3.63) is 29.6 Å². The molecule has 0 spiro atoms. The Bertz CT molecular complexity index is 340. The number of aliphatic hydroxyl groups is 1. The number of β-amino-alcohol motifs (C(OH)–C–C–N with tert-alkyl or cyclic N) is 1. The molecule has 1 aliphatic heterocycles. The molecule has 0 unspecified atom stereocenters. The van der Waals surface area contributed by atoms with Gasteiger partial charge in [0.05, 0.1) is 6.10 Å². The third-order valence-corrected chi connectivity index (χ3v) is 3.22. The summed E-state index contributed by atoms with van der Waals surface area (Å²) in [5.74, 6) is 0. The third-order valence-electron chi connectivity index (χ3n) is 3.22. The lowest BCUT2D eigenvalue weighted by Crippen LogP contribution is -2.24. The van der Waals surface area contributed by atoms with E-state index in [4.69, 9.17) is 0 Å². The molecular formula is C13H20N2O. The van der Waals surface area contributed by atoms with E-state index < -0.39 is 0 Å². The Morgan fingerprint density at radius 3 is 3.12 bits per heavy atom. The highest BCUT2D eigenvalue weighted by atomic mass is 16.3. The van der Waals surface area contributed by atoms with Crippen LogP contribution in [0.15, 0.2) is 18.3 Å². The zero-order chi connectivity index (χ0) is 11.4. The van der Waals surface area contributed by atoms with Gasteiger partial charge in [0, 0.05) is 37.9 Å². The van der Waals surface area contributed by atoms with E-state index in [0.29, 0.717) is 0 Å². The first-order chi connectivity index (χ1) is 7.78. The van der Waals surface area contributed by atoms with Crippen molar-refractivity contribution in [1.29, 1.82) is 0 Å². The summed E-state index contributed by atoms with van der Waals surface area (Å²) in [5.41, 5.74) is 2.52. The molecule has 0 aromatic carbocycles. The molecule has 16 heavy (non-hydrogen) atoms. The standard InChI is InChI=1S/C13H20N2O/c1-2-11-3-6-14-12(9-11)4-7-15-8-5-13(16)10-15/h3,6,9,13,16H,2,4-5,7-8,10H2,1H3/t13-/m1/s1. The second-order valence-corrected chi connectivity index (χ2v) is 4.50. The van der Waals surface area contributed by atoms with Crippen LogP contribution in [-0.4, -0.2) is 40.7 Å². The van der Waals surface area contributed by atoms with Crippen LogP contribution in [0.4, 0.5) is 0 Å². The van der Waals surface area contributed by atoms with E-state index in [-0.39, 0.29) is 6.10 Å². The molecule has 1 fully saturated rings. The first-order valence-corrected chi connectivity index (χ1v) is 6.12. The van der Waals surface area contributed by atoms with Gasteiger partial charge in [0.2, 0.25) is 0 Å². The number of hydrogen-bond acceptors (Lipinski definition) is 3. The van der Waals surface area contributed by atoms with Crippen LogP contribution in [0.25, 0.3) is 0 Å². The van der Waals surface area contributed by atoms with Gasteiger partial charge in [-0.2, -0.15) is 0 Å². The molecule has 1 atom stereocenters. The lowest BCUT2D eigenvalue weighted by atomic mass is 10.1. The normalized spacial score (nSPS) is 21.5. The highest BCUT2D eigenvalue weighted by Crippen LogP contribution is 2.10. The van der Waals surface area contributed by atoms with Crippen LogP contribution in [-0.2, 0) is 12.8 Å². The lowest BCUT2D eigenvalue weighted by Gasteiger charge is -2.14. The van der Waals surface area contributed by atoms with E-state index in [0.717, 1.165) is 38.9 Å². The van der Waals surface area contributed by atoms with Crippen LogP contribution in [0, 0.1) is 0 Å². The Hall–Kier alpha value is -0.930. The van der Waals surface area contributed by atoms with Crippen molar-refractivity contribution < 1.29 is 5.11 Å². The molecule has 0 saturated carbocycles. The second kappa shape index (κ2) is 5.41. The van der Waals surface area contributed by atoms with Gasteiger partial charge in [0.15, 0.2) is 0 Å². The molecular weight excluding hydrogens is 200 g/mol. The van der Waals surface area contributed by atoms with Gasteiger partial charge < -0.3 is 10.0 Å². The van der Waals surface area contributed by atoms with Crippen LogP contribution < -0.4 is 0 Å². The van der Waals surface area contributed by atoms with E-state index in [9.17, 15) is 5.11 Å². The maximum absolute atomic E-state index is 9.42. The Morgan fingerprint density at radius 2 is 2.44 bits per heavy atom. The van der Waals surface area contributed by atoms with E-state index in [1.54, 1.807) is 0 Å². The Balaban J connectivity index is 1.84. The number of hydrogen-bond donors (Lipinski definition) is 1. The average molecular weight is 220 g/mol. The SMILES string of the molecule is CCc1ccnc(CCN2CC[C@@H](O)C2)c1. The summed E-state index contributed by atoms with van der Waals surface area (Å²) < 4.78 is 0. The van der Waals surface area contributed by atoms with Gasteiger partial charge in [-0.15, -0.1) is 0 Å². The van der Waals surface area contributed by atoms with Gasteiger partial charge in [0.1, 0.15) is 0 Å². The molecule has 88 valence electrons. The maximum Gasteiger partial charge on any atom is 0.0679 e. The minimum Gasteiger partial charge on any atom is -0.392 e. The van der Waals surface area contributed by atoms with Gasteiger partial charge in [-0.1, -0.05) is 6.92 Å². The van der Waals surface area contributed by atoms with Crippen molar-refractivity contribution in [2.45, 2.75) is 32.3 Å². The van der Waals surface area contributed by atoms with Crippen molar-refractivity contribution in [3.63, 3.8) is 0 Å². The fourth-order valence-electron chi connectivity index (χ4n) is 2.17. The highest BCUT2D eigenvalue weighted by molar-refractivity contribution is 5.16. The van der Waals surface area contributed by atoms with Crippen molar-refractivity contribution in [1.82, 2.24) is 9.88 Å². The van der Waals surface area contributed by atoms with Gasteiger partial charge in [-0.05, 0) is 30.5 Å². The molecule has 1 aromatic heterocycles. The molecule has 0 radical (unpaired) electrons. The summed E-state index contributed by atoms with van der Waals surface area (Å²) in [6.45, 7) is 5.02. The lowest BCUT2D eigenvalue weighted by molar-refractivity contribution is 0.176. The summed E-state index contributed by atoms with van der Waals surface area (Å²) in [6.07, 6.45) is 4.75. The zero-order valence-corrected chi connectivity index (χ0v) is 9.89. The van der Waals surface area contributed by atoms with Crippen molar-refractivity contribution in [2.24, 2.45) is 0 Å². The molecule has 2 rings (SSSR count). The van der Waals surface area contributed by atoms with Crippen LogP contribution >= 0.6 is 0 Å². The number of rotatable bonds is 4. The number of pyridine rings is 1. The van der Waals surface area contributed by atoms with Crippen LogP contribution in [0.3, 0.4) is 0 Å². The summed E-state index contributed by atoms with van der Waals surface area (Å²) in [5, 5.41) is 9.42. The number of nitrogens with zero attached hydrogens (tertiary/aromatic N) is 2. The summed E-state index contributed by atoms with van der Waals surface area (Å²) >= 11 is 0. The molecule has 1 aromatic rings. The van der Waals surface area contributed by atoms with Gasteiger partial charge >= 0.3 is 0 Å². The molecule has 1 aliphatic rings. The second-order valence-electron chi connectivity index (χ2n) is 4.50. The van der Waals surface area contributed by atoms with Crippen LogP contribution in [0.5, 0.6) is 0 Å². The van der Waals surface area contributed by atoms with E-state index >= 15 is 0 Å². The van der Waals surface area contributed by atoms with E-state index in [2.05, 4.69) is 28.9 Å². The largest absolute Gasteiger partial charge is 0.392 e. The Morgan fingerprint density at radius 1 is 1.56 bits per heavy atom. The summed E-state index contributed by atoms with van der Waals surface area (Å²) in [4.78, 5) is 6.69. The van der Waals surface area contributed by atoms with Gasteiger partial charge in [-0.3, -0.25) is 4.98 Å². The number of aliphatic hydroxyl groups excluding tert-OH is 1. The van der Waals surface area contributed by atoms with Crippen LogP contribution in [0.2, 0.25) is 0 Å². The Labute approximate surface area is 97.1 Å². The minimum absolute atomic E-state index is 0.116. The fraction of sp³-hybridized carbons (Fsp3) is 0.615. The third kappa shape index (κ3) is 3.03. The van der Waals surface area contributed by atoms with E-state index in [1.807, 2.05) is 6.20 Å². The molecule has 0 bridgehead atoms. The molecule has 3 nitrogen and oxygen atoms in total. The molecule has 1 saturated heterocycles. The predicted octanol–water partition coefficient (Wildman–Crippen LogP) is 1.25. The number of aromatic nitrogens is 1. The number of likely N-dealkylation sites (tertiary alicyclic amines) is 1. The zero-order valence-electron chi connectivity index (χ0n) is 9.89. The molecule has 0 aliphatic carbocycles. The monoisotopic (exact) mass is 220 g/mol. The topological polar surface area (TPSA) is 36.4 Å². The van der Waals surface area contributed by atoms with Gasteiger partial charge in [-0.25, -0.2) is 0 Å². The summed E-state index contributed by atoms with van der Waals surface area (Å²) in [6, 6.07) is 4.26. The molecule has 0 amide bonds. The van der Waals surface area contributed by atoms with Crippen molar-refractivity contribution in [3.8, 4) is 0 Å².